The zero-order chi connectivity index (χ0) is 33.3. The Hall–Kier alpha value is -3.67. The summed E-state index contributed by atoms with van der Waals surface area (Å²) in [5.41, 5.74) is -1.39. The molecule has 1 aromatic heterocycles. The van der Waals surface area contributed by atoms with Crippen LogP contribution in [-0.2, 0) is 24.4 Å². The quantitative estimate of drug-likeness (QED) is 0.398. The van der Waals surface area contributed by atoms with Gasteiger partial charge >= 0.3 is 0 Å². The molecule has 2 N–H and O–H groups in total. The second kappa shape index (κ2) is 13.4. The van der Waals surface area contributed by atoms with Crippen LogP contribution >= 0.6 is 0 Å². The minimum Gasteiger partial charge on any atom is -0.491 e. The van der Waals surface area contributed by atoms with E-state index in [1.807, 2.05) is 43.3 Å². The zero-order valence-electron chi connectivity index (χ0n) is 27.4. The molecule has 0 unspecified atom stereocenters. The molecule has 6 rings (SSSR count). The van der Waals surface area contributed by atoms with Crippen molar-refractivity contribution in [2.45, 2.75) is 101 Å². The third-order valence-corrected chi connectivity index (χ3v) is 11.7. The third kappa shape index (κ3) is 7.27. The molecule has 0 radical (unpaired) electrons. The Kier molecular flexibility index (Phi) is 9.51. The minimum absolute atomic E-state index is 0.120. The molecule has 4 aliphatic rings. The van der Waals surface area contributed by atoms with Crippen molar-refractivity contribution in [3.63, 3.8) is 0 Å². The van der Waals surface area contributed by atoms with E-state index in [9.17, 15) is 22.8 Å². The Bertz CT molecular complexity index is 1660. The molecular formula is C35H46N4O7S. The van der Waals surface area contributed by atoms with Gasteiger partial charge in [0.25, 0.3) is 5.91 Å². The van der Waals surface area contributed by atoms with Gasteiger partial charge < -0.3 is 19.7 Å². The van der Waals surface area contributed by atoms with Gasteiger partial charge in [-0.05, 0) is 62.8 Å². The summed E-state index contributed by atoms with van der Waals surface area (Å²) in [6.45, 7) is 7.01. The number of sulfonamides is 1. The standard InChI is InChI=1S/C35H46N4O7S/c1-4-15-45-30-20-36-33(28-12-8-7-11-27(28)30)46-25-18-29-32(41)37-35(34(42)38-47(43,44)26-13-14-26)19-24(35)10-6-5-9-22(2)16-23(3)17-31(40)39(29)21-25/h6-8,10-12,20,22-26,29H,4-5,9,13-19,21H2,1-3H3,(H,37,41)(H,38,42)/b10-6-/t22-,23-,24-,25-,29+,35-/m1/s1. The van der Waals surface area contributed by atoms with Gasteiger partial charge in [-0.3, -0.25) is 19.1 Å². The van der Waals surface area contributed by atoms with E-state index >= 15 is 0 Å². The van der Waals surface area contributed by atoms with Crippen LogP contribution in [0.5, 0.6) is 11.6 Å². The number of nitrogens with zero attached hydrogens (tertiary/aromatic N) is 2. The highest BCUT2D eigenvalue weighted by Crippen LogP contribution is 2.46. The fourth-order valence-corrected chi connectivity index (χ4v) is 8.40. The number of ether oxygens (including phenoxy) is 2. The topological polar surface area (TPSA) is 144 Å². The van der Waals surface area contributed by atoms with Gasteiger partial charge in [0.05, 0.1) is 24.6 Å². The lowest BCUT2D eigenvalue weighted by Gasteiger charge is -2.27. The van der Waals surface area contributed by atoms with Gasteiger partial charge in [-0.15, -0.1) is 0 Å². The van der Waals surface area contributed by atoms with E-state index in [1.165, 1.54) is 0 Å². The van der Waals surface area contributed by atoms with Crippen LogP contribution in [0.25, 0.3) is 10.8 Å². The van der Waals surface area contributed by atoms with Gasteiger partial charge in [0.15, 0.2) is 0 Å². The van der Waals surface area contributed by atoms with E-state index in [0.717, 1.165) is 36.5 Å². The second-order valence-electron chi connectivity index (χ2n) is 14.0. The fraction of sp³-hybridized carbons (Fsp3) is 0.600. The number of nitrogens with one attached hydrogen (secondary N) is 2. The SMILES string of the molecule is CCCOc1cnc(O[C@@H]2C[C@H]3C(=O)N[C@]4(C(=O)NS(=O)(=O)C5CC5)C[C@H]4/C=C\CC[C@@H](C)C[C@@H](C)CC(=O)N3C2)c2ccccc12. The summed E-state index contributed by atoms with van der Waals surface area (Å²) in [5, 5.41) is 3.98. The van der Waals surface area contributed by atoms with Crippen molar-refractivity contribution in [2.24, 2.45) is 17.8 Å². The van der Waals surface area contributed by atoms with E-state index in [-0.39, 0.29) is 43.6 Å². The van der Waals surface area contributed by atoms with Crippen LogP contribution in [0.3, 0.4) is 0 Å². The number of allylic oxidation sites excluding steroid dienone is 1. The molecule has 12 heteroatoms. The number of pyridine rings is 1. The normalized spacial score (nSPS) is 30.7. The van der Waals surface area contributed by atoms with Crippen LogP contribution in [0.15, 0.2) is 42.6 Å². The molecule has 3 amide bonds. The lowest BCUT2D eigenvalue weighted by molar-refractivity contribution is -0.140. The minimum atomic E-state index is -3.82. The summed E-state index contributed by atoms with van der Waals surface area (Å²) >= 11 is 0. The number of amides is 3. The largest absolute Gasteiger partial charge is 0.491 e. The van der Waals surface area contributed by atoms with Crippen LogP contribution in [0.4, 0.5) is 0 Å². The van der Waals surface area contributed by atoms with Crippen LogP contribution in [0.2, 0.25) is 0 Å². The molecule has 1 saturated heterocycles. The van der Waals surface area contributed by atoms with Gasteiger partial charge in [0.2, 0.25) is 27.7 Å². The van der Waals surface area contributed by atoms with E-state index in [0.29, 0.717) is 37.0 Å². The van der Waals surface area contributed by atoms with Crippen molar-refractivity contribution < 1.29 is 32.3 Å². The number of hydrogen-bond donors (Lipinski definition) is 2. The van der Waals surface area contributed by atoms with Crippen LogP contribution in [-0.4, -0.2) is 72.1 Å². The van der Waals surface area contributed by atoms with E-state index in [4.69, 9.17) is 9.47 Å². The lowest BCUT2D eigenvalue weighted by Crippen LogP contribution is -2.56. The summed E-state index contributed by atoms with van der Waals surface area (Å²) in [6.07, 6.45) is 10.3. The second-order valence-corrected chi connectivity index (χ2v) is 15.9. The molecule has 0 bridgehead atoms. The Morgan fingerprint density at radius 3 is 2.62 bits per heavy atom. The van der Waals surface area contributed by atoms with Gasteiger partial charge in [0.1, 0.15) is 23.4 Å². The summed E-state index contributed by atoms with van der Waals surface area (Å²) in [4.78, 5) is 47.6. The first-order chi connectivity index (χ1) is 22.5. The average Bonchev–Trinajstić information content (AvgIpc) is 3.95. The highest BCUT2D eigenvalue weighted by atomic mass is 32.2. The summed E-state index contributed by atoms with van der Waals surface area (Å²) in [5.74, 6) is -0.145. The van der Waals surface area contributed by atoms with Crippen LogP contribution in [0, 0.1) is 17.8 Å². The van der Waals surface area contributed by atoms with E-state index < -0.39 is 44.8 Å². The summed E-state index contributed by atoms with van der Waals surface area (Å²) in [6, 6.07) is 6.78. The molecule has 2 aliphatic carbocycles. The molecule has 3 heterocycles. The van der Waals surface area contributed by atoms with Crippen molar-refractivity contribution in [3.8, 4) is 11.6 Å². The van der Waals surface area contributed by atoms with Crippen LogP contribution < -0.4 is 19.5 Å². The summed E-state index contributed by atoms with van der Waals surface area (Å²) in [7, 11) is -3.82. The maximum Gasteiger partial charge on any atom is 0.259 e. The number of carbonyl (C=O) groups excluding carboxylic acids is 3. The maximum absolute atomic E-state index is 14.1. The molecule has 0 spiro atoms. The van der Waals surface area contributed by atoms with Crippen molar-refractivity contribution in [1.29, 1.82) is 0 Å². The Morgan fingerprint density at radius 2 is 1.87 bits per heavy atom. The molecule has 2 saturated carbocycles. The number of benzene rings is 1. The number of rotatable bonds is 8. The van der Waals surface area contributed by atoms with Crippen molar-refractivity contribution in [3.05, 3.63) is 42.6 Å². The Balaban J connectivity index is 1.27. The first-order valence-electron chi connectivity index (χ1n) is 17.0. The molecule has 2 aromatic rings. The molecule has 3 fully saturated rings. The smallest absolute Gasteiger partial charge is 0.259 e. The van der Waals surface area contributed by atoms with Gasteiger partial charge in [-0.25, -0.2) is 13.4 Å². The molecule has 11 nitrogen and oxygen atoms in total. The first kappa shape index (κ1) is 33.2. The third-order valence-electron chi connectivity index (χ3n) is 9.83. The molecule has 1 aromatic carbocycles. The molecule has 47 heavy (non-hydrogen) atoms. The van der Waals surface area contributed by atoms with Crippen molar-refractivity contribution in [2.75, 3.05) is 13.2 Å². The summed E-state index contributed by atoms with van der Waals surface area (Å²) < 4.78 is 40.0. The maximum atomic E-state index is 14.1. The Morgan fingerprint density at radius 1 is 1.11 bits per heavy atom. The number of carbonyl (C=O) groups is 3. The monoisotopic (exact) mass is 666 g/mol. The average molecular weight is 667 g/mol. The highest BCUT2D eigenvalue weighted by molar-refractivity contribution is 7.91. The van der Waals surface area contributed by atoms with Crippen molar-refractivity contribution >= 4 is 38.5 Å². The van der Waals surface area contributed by atoms with E-state index in [1.54, 1.807) is 11.1 Å². The molecule has 254 valence electrons. The first-order valence-corrected chi connectivity index (χ1v) is 18.6. The number of fused-ring (bicyclic) bond motifs is 3. The van der Waals surface area contributed by atoms with Crippen molar-refractivity contribution in [1.82, 2.24) is 19.9 Å². The highest BCUT2D eigenvalue weighted by Gasteiger charge is 2.62. The van der Waals surface area contributed by atoms with Gasteiger partial charge in [0, 0.05) is 29.5 Å². The predicted molar refractivity (Wildman–Crippen MR) is 177 cm³/mol. The number of aromatic nitrogens is 1. The van der Waals surface area contributed by atoms with Gasteiger partial charge in [-0.1, -0.05) is 51.1 Å². The zero-order valence-corrected chi connectivity index (χ0v) is 28.3. The fourth-order valence-electron chi connectivity index (χ4n) is 7.04. The van der Waals surface area contributed by atoms with Crippen LogP contribution in [0.1, 0.15) is 78.6 Å². The van der Waals surface area contributed by atoms with Gasteiger partial charge in [-0.2, -0.15) is 0 Å². The van der Waals surface area contributed by atoms with E-state index in [2.05, 4.69) is 28.9 Å². The molecular weight excluding hydrogens is 620 g/mol. The molecule has 2 aliphatic heterocycles. The molecule has 6 atom stereocenters. The number of hydrogen-bond acceptors (Lipinski definition) is 8. The predicted octanol–water partition coefficient (Wildman–Crippen LogP) is 4.26. The Labute approximate surface area is 276 Å². The lowest BCUT2D eigenvalue weighted by atomic mass is 9.91.